The number of ether oxygens (including phenoxy) is 1. The van der Waals surface area contributed by atoms with Gasteiger partial charge in [-0.15, -0.1) is 15.0 Å². The first kappa shape index (κ1) is 17.2. The fraction of sp³-hybridized carbons (Fsp3) is 0.500. The molecule has 1 amide bonds. The van der Waals surface area contributed by atoms with Gasteiger partial charge >= 0.3 is 6.09 Å². The maximum Gasteiger partial charge on any atom is 0.412 e. The van der Waals surface area contributed by atoms with E-state index < -0.39 is 29.5 Å². The molecule has 0 bridgehead atoms. The summed E-state index contributed by atoms with van der Waals surface area (Å²) in [6, 6.07) is 3.15. The standard InChI is InChI=1S/C16H19F2N5O2/c1-16(2,3)25-15(24)22-8-4-5-13(22)23-20-14(19-21-23)11-7-6-10(17)9-12(11)18/h6-7,9,13H,4-5,8H2,1-3H3. The molecule has 7 nitrogen and oxygen atoms in total. The fourth-order valence-corrected chi connectivity index (χ4v) is 2.65. The zero-order valence-electron chi connectivity index (χ0n) is 14.2. The summed E-state index contributed by atoms with van der Waals surface area (Å²) in [5.41, 5.74) is -0.558. The fourth-order valence-electron chi connectivity index (χ4n) is 2.65. The van der Waals surface area contributed by atoms with Gasteiger partial charge in [0.15, 0.2) is 0 Å². The van der Waals surface area contributed by atoms with Crippen molar-refractivity contribution in [2.24, 2.45) is 0 Å². The largest absolute Gasteiger partial charge is 0.444 e. The van der Waals surface area contributed by atoms with Gasteiger partial charge in [-0.1, -0.05) is 0 Å². The number of rotatable bonds is 2. The highest BCUT2D eigenvalue weighted by atomic mass is 19.1. The number of benzene rings is 1. The molecule has 25 heavy (non-hydrogen) atoms. The molecule has 1 aliphatic heterocycles. The smallest absolute Gasteiger partial charge is 0.412 e. The van der Waals surface area contributed by atoms with Crippen molar-refractivity contribution >= 4 is 6.09 Å². The lowest BCUT2D eigenvalue weighted by Gasteiger charge is -2.27. The van der Waals surface area contributed by atoms with Crippen LogP contribution in [0, 0.1) is 11.6 Å². The summed E-state index contributed by atoms with van der Waals surface area (Å²) in [5.74, 6) is -1.41. The number of amides is 1. The molecule has 1 saturated heterocycles. The zero-order valence-corrected chi connectivity index (χ0v) is 14.2. The number of halogens is 2. The molecule has 1 aromatic heterocycles. The molecule has 3 rings (SSSR count). The first-order chi connectivity index (χ1) is 11.7. The number of carbonyl (C=O) groups is 1. The van der Waals surface area contributed by atoms with Crippen molar-refractivity contribution in [3.05, 3.63) is 29.8 Å². The first-order valence-corrected chi connectivity index (χ1v) is 7.99. The van der Waals surface area contributed by atoms with Crippen LogP contribution in [0.2, 0.25) is 0 Å². The second kappa shape index (κ2) is 6.38. The molecular weight excluding hydrogens is 332 g/mol. The molecule has 1 fully saturated rings. The van der Waals surface area contributed by atoms with Crippen LogP contribution in [-0.4, -0.2) is 43.3 Å². The molecule has 0 N–H and O–H groups in total. The monoisotopic (exact) mass is 351 g/mol. The third-order valence-corrected chi connectivity index (χ3v) is 3.72. The predicted molar refractivity (Wildman–Crippen MR) is 84.4 cm³/mol. The molecule has 1 aromatic carbocycles. The van der Waals surface area contributed by atoms with E-state index in [4.69, 9.17) is 4.74 Å². The van der Waals surface area contributed by atoms with Crippen molar-refractivity contribution in [2.45, 2.75) is 45.4 Å². The molecule has 9 heteroatoms. The average Bonchev–Trinajstić information content (AvgIpc) is 3.14. The van der Waals surface area contributed by atoms with Crippen molar-refractivity contribution in [3.63, 3.8) is 0 Å². The van der Waals surface area contributed by atoms with Crippen molar-refractivity contribution in [1.82, 2.24) is 25.1 Å². The summed E-state index contributed by atoms with van der Waals surface area (Å²) < 4.78 is 32.3. The molecule has 0 radical (unpaired) electrons. The summed E-state index contributed by atoms with van der Waals surface area (Å²) in [5, 5.41) is 11.9. The van der Waals surface area contributed by atoms with Gasteiger partial charge in [0.05, 0.1) is 5.56 Å². The highest BCUT2D eigenvalue weighted by Crippen LogP contribution is 2.28. The zero-order chi connectivity index (χ0) is 18.2. The van der Waals surface area contributed by atoms with E-state index in [2.05, 4.69) is 15.4 Å². The van der Waals surface area contributed by atoms with Gasteiger partial charge in [0.1, 0.15) is 23.4 Å². The van der Waals surface area contributed by atoms with Gasteiger partial charge in [-0.05, 0) is 51.0 Å². The molecule has 1 unspecified atom stereocenters. The van der Waals surface area contributed by atoms with Crippen molar-refractivity contribution in [1.29, 1.82) is 0 Å². The number of nitrogens with zero attached hydrogens (tertiary/aromatic N) is 5. The predicted octanol–water partition coefficient (Wildman–Crippen LogP) is 3.15. The molecule has 0 spiro atoms. The first-order valence-electron chi connectivity index (χ1n) is 7.99. The Morgan fingerprint density at radius 1 is 1.32 bits per heavy atom. The Hall–Kier alpha value is -2.58. The van der Waals surface area contributed by atoms with Gasteiger partial charge in [-0.25, -0.2) is 13.6 Å². The quantitative estimate of drug-likeness (QED) is 0.831. The van der Waals surface area contributed by atoms with E-state index in [0.29, 0.717) is 13.0 Å². The molecule has 1 aliphatic rings. The normalized spacial score (nSPS) is 17.8. The van der Waals surface area contributed by atoms with Gasteiger partial charge in [0.2, 0.25) is 5.82 Å². The summed E-state index contributed by atoms with van der Waals surface area (Å²) in [6.07, 6.45) is 0.508. The number of hydrogen-bond donors (Lipinski definition) is 0. The van der Waals surface area contributed by atoms with Crippen LogP contribution in [0.5, 0.6) is 0 Å². The van der Waals surface area contributed by atoms with Crippen LogP contribution < -0.4 is 0 Å². The lowest BCUT2D eigenvalue weighted by atomic mass is 10.2. The Labute approximate surface area is 143 Å². The van der Waals surface area contributed by atoms with Crippen LogP contribution >= 0.6 is 0 Å². The van der Waals surface area contributed by atoms with Crippen LogP contribution in [0.4, 0.5) is 13.6 Å². The van der Waals surface area contributed by atoms with Crippen LogP contribution in [0.1, 0.15) is 39.8 Å². The third kappa shape index (κ3) is 3.75. The summed E-state index contributed by atoms with van der Waals surface area (Å²) in [6.45, 7) is 5.89. The molecule has 0 saturated carbocycles. The lowest BCUT2D eigenvalue weighted by Crippen LogP contribution is -2.38. The van der Waals surface area contributed by atoms with E-state index in [1.165, 1.54) is 15.8 Å². The maximum absolute atomic E-state index is 13.9. The molecular formula is C16H19F2N5O2. The minimum absolute atomic E-state index is 0.0357. The third-order valence-electron chi connectivity index (χ3n) is 3.72. The Morgan fingerprint density at radius 2 is 2.08 bits per heavy atom. The van der Waals surface area contributed by atoms with E-state index >= 15 is 0 Å². The second-order valence-corrected chi connectivity index (χ2v) is 6.85. The van der Waals surface area contributed by atoms with Crippen LogP contribution in [0.25, 0.3) is 11.4 Å². The highest BCUT2D eigenvalue weighted by Gasteiger charge is 2.35. The SMILES string of the molecule is CC(C)(C)OC(=O)N1CCCC1n1nnc(-c2ccc(F)cc2F)n1. The van der Waals surface area contributed by atoms with Crippen LogP contribution in [0.15, 0.2) is 18.2 Å². The van der Waals surface area contributed by atoms with E-state index in [1.54, 1.807) is 20.8 Å². The summed E-state index contributed by atoms with van der Waals surface area (Å²) in [4.78, 5) is 15.1. The minimum atomic E-state index is -0.769. The minimum Gasteiger partial charge on any atom is -0.444 e. The van der Waals surface area contributed by atoms with Crippen molar-refractivity contribution < 1.29 is 18.3 Å². The van der Waals surface area contributed by atoms with E-state index in [9.17, 15) is 13.6 Å². The number of tetrazole rings is 1. The molecule has 1 atom stereocenters. The molecule has 0 aliphatic carbocycles. The Balaban J connectivity index is 1.82. The van der Waals surface area contributed by atoms with Gasteiger partial charge in [0.25, 0.3) is 0 Å². The van der Waals surface area contributed by atoms with Crippen LogP contribution in [-0.2, 0) is 4.74 Å². The number of likely N-dealkylation sites (tertiary alicyclic amines) is 1. The topological polar surface area (TPSA) is 73.1 Å². The van der Waals surface area contributed by atoms with E-state index in [1.807, 2.05) is 0 Å². The van der Waals surface area contributed by atoms with Crippen molar-refractivity contribution in [2.75, 3.05) is 6.54 Å². The van der Waals surface area contributed by atoms with Gasteiger partial charge in [-0.2, -0.15) is 0 Å². The Morgan fingerprint density at radius 3 is 2.76 bits per heavy atom. The second-order valence-electron chi connectivity index (χ2n) is 6.85. The Kier molecular flexibility index (Phi) is 4.40. The van der Waals surface area contributed by atoms with E-state index in [0.717, 1.165) is 18.6 Å². The number of hydrogen-bond acceptors (Lipinski definition) is 5. The summed E-state index contributed by atoms with van der Waals surface area (Å²) in [7, 11) is 0. The van der Waals surface area contributed by atoms with E-state index in [-0.39, 0.29) is 11.4 Å². The molecule has 2 heterocycles. The number of carbonyl (C=O) groups excluding carboxylic acids is 1. The maximum atomic E-state index is 13.9. The van der Waals surface area contributed by atoms with Gasteiger partial charge < -0.3 is 4.74 Å². The molecule has 2 aromatic rings. The summed E-state index contributed by atoms with van der Waals surface area (Å²) >= 11 is 0. The van der Waals surface area contributed by atoms with Crippen molar-refractivity contribution in [3.8, 4) is 11.4 Å². The van der Waals surface area contributed by atoms with Gasteiger partial charge in [-0.3, -0.25) is 4.90 Å². The molecule has 134 valence electrons. The number of aromatic nitrogens is 4. The van der Waals surface area contributed by atoms with Crippen LogP contribution in [0.3, 0.4) is 0 Å². The highest BCUT2D eigenvalue weighted by molar-refractivity contribution is 5.68. The lowest BCUT2D eigenvalue weighted by molar-refractivity contribution is 0.0130. The average molecular weight is 351 g/mol. The van der Waals surface area contributed by atoms with Gasteiger partial charge in [0, 0.05) is 12.6 Å². The Bertz CT molecular complexity index is 787.